The van der Waals surface area contributed by atoms with E-state index in [-0.39, 0.29) is 11.5 Å². The molecule has 1 N–H and O–H groups in total. The molecule has 3 nitrogen and oxygen atoms in total. The lowest BCUT2D eigenvalue weighted by molar-refractivity contribution is 0.0600. The lowest BCUT2D eigenvalue weighted by Gasteiger charge is -2.47. The van der Waals surface area contributed by atoms with Crippen LogP contribution in [-0.4, -0.2) is 19.6 Å². The van der Waals surface area contributed by atoms with Gasteiger partial charge in [0.15, 0.2) is 0 Å². The minimum absolute atomic E-state index is 0.150. The van der Waals surface area contributed by atoms with Crippen molar-refractivity contribution in [3.05, 3.63) is 34.9 Å². The summed E-state index contributed by atoms with van der Waals surface area (Å²) in [7, 11) is 1.43. The van der Waals surface area contributed by atoms with Crippen LogP contribution in [0.1, 0.15) is 40.7 Å². The summed E-state index contributed by atoms with van der Waals surface area (Å²) in [5, 5.41) is 3.55. The van der Waals surface area contributed by atoms with E-state index in [1.54, 1.807) is 0 Å². The van der Waals surface area contributed by atoms with Crippen LogP contribution < -0.4 is 5.32 Å². The summed E-state index contributed by atoms with van der Waals surface area (Å²) in [6, 6.07) is 5.98. The van der Waals surface area contributed by atoms with Crippen molar-refractivity contribution in [1.82, 2.24) is 5.32 Å². The first-order chi connectivity index (χ1) is 8.25. The second-order valence-corrected chi connectivity index (χ2v) is 4.98. The summed E-state index contributed by atoms with van der Waals surface area (Å²) >= 11 is 0. The molecule has 1 aromatic rings. The van der Waals surface area contributed by atoms with Crippen molar-refractivity contribution < 1.29 is 9.53 Å². The predicted molar refractivity (Wildman–Crippen MR) is 65.0 cm³/mol. The molecule has 1 spiro atoms. The van der Waals surface area contributed by atoms with Crippen LogP contribution in [-0.2, 0) is 16.7 Å². The van der Waals surface area contributed by atoms with E-state index < -0.39 is 0 Å². The first kappa shape index (κ1) is 10.8. The molecule has 1 aliphatic heterocycles. The molecule has 2 aliphatic rings. The second-order valence-electron chi connectivity index (χ2n) is 4.98. The maximum atomic E-state index is 11.6. The SMILES string of the molecule is COC(=O)c1ccc2c(c1)[C@]1(CCC2)CCN1. The molecule has 0 saturated carbocycles. The first-order valence-electron chi connectivity index (χ1n) is 6.22. The monoisotopic (exact) mass is 231 g/mol. The van der Waals surface area contributed by atoms with Gasteiger partial charge < -0.3 is 10.1 Å². The Kier molecular flexibility index (Phi) is 2.44. The van der Waals surface area contributed by atoms with E-state index in [4.69, 9.17) is 4.74 Å². The molecule has 1 heterocycles. The number of carbonyl (C=O) groups excluding carboxylic acids is 1. The number of esters is 1. The minimum atomic E-state index is -0.243. The Hall–Kier alpha value is -1.35. The van der Waals surface area contributed by atoms with Crippen molar-refractivity contribution in [2.75, 3.05) is 13.7 Å². The van der Waals surface area contributed by atoms with Gasteiger partial charge in [-0.25, -0.2) is 4.79 Å². The second kappa shape index (κ2) is 3.84. The van der Waals surface area contributed by atoms with Gasteiger partial charge in [0.1, 0.15) is 0 Å². The molecule has 1 aliphatic carbocycles. The van der Waals surface area contributed by atoms with E-state index in [9.17, 15) is 4.79 Å². The Morgan fingerprint density at radius 2 is 2.24 bits per heavy atom. The number of nitrogens with one attached hydrogen (secondary N) is 1. The summed E-state index contributed by atoms with van der Waals surface area (Å²) in [5.74, 6) is -0.243. The Bertz CT molecular complexity index is 463. The molecular weight excluding hydrogens is 214 g/mol. The maximum absolute atomic E-state index is 11.6. The number of benzene rings is 1. The Labute approximate surface area is 101 Å². The van der Waals surface area contributed by atoms with Crippen molar-refractivity contribution in [2.24, 2.45) is 0 Å². The van der Waals surface area contributed by atoms with Gasteiger partial charge in [-0.1, -0.05) is 6.07 Å². The third-order valence-electron chi connectivity index (χ3n) is 4.11. The smallest absolute Gasteiger partial charge is 0.337 e. The van der Waals surface area contributed by atoms with Crippen LogP contribution in [0.15, 0.2) is 18.2 Å². The molecule has 3 rings (SSSR count). The highest BCUT2D eigenvalue weighted by Gasteiger charge is 2.41. The molecule has 1 saturated heterocycles. The van der Waals surface area contributed by atoms with Crippen LogP contribution in [0.3, 0.4) is 0 Å². The molecule has 0 bridgehead atoms. The van der Waals surface area contributed by atoms with Crippen molar-refractivity contribution >= 4 is 5.97 Å². The van der Waals surface area contributed by atoms with Crippen LogP contribution >= 0.6 is 0 Å². The Morgan fingerprint density at radius 3 is 2.88 bits per heavy atom. The van der Waals surface area contributed by atoms with Gasteiger partial charge in [-0.2, -0.15) is 0 Å². The average molecular weight is 231 g/mol. The van der Waals surface area contributed by atoms with Gasteiger partial charge in [0.25, 0.3) is 0 Å². The van der Waals surface area contributed by atoms with Gasteiger partial charge in [-0.15, -0.1) is 0 Å². The highest BCUT2D eigenvalue weighted by molar-refractivity contribution is 5.89. The average Bonchev–Trinajstić information content (AvgIpc) is 2.34. The fourth-order valence-electron chi connectivity index (χ4n) is 3.07. The van der Waals surface area contributed by atoms with E-state index in [1.165, 1.54) is 37.5 Å². The molecule has 1 fully saturated rings. The van der Waals surface area contributed by atoms with Crippen molar-refractivity contribution in [3.8, 4) is 0 Å². The molecular formula is C14H17NO2. The van der Waals surface area contributed by atoms with Crippen molar-refractivity contribution in [1.29, 1.82) is 0 Å². The largest absolute Gasteiger partial charge is 0.465 e. The zero-order chi connectivity index (χ0) is 11.9. The molecule has 3 heteroatoms. The van der Waals surface area contributed by atoms with Crippen molar-refractivity contribution in [3.63, 3.8) is 0 Å². The Morgan fingerprint density at radius 1 is 1.41 bits per heavy atom. The summed E-state index contributed by atoms with van der Waals surface area (Å²) in [6.07, 6.45) is 4.73. The van der Waals surface area contributed by atoms with Crippen LogP contribution in [0.4, 0.5) is 0 Å². The predicted octanol–water partition coefficient (Wildman–Crippen LogP) is 2.00. The summed E-state index contributed by atoms with van der Waals surface area (Å²) in [4.78, 5) is 11.6. The molecule has 0 unspecified atom stereocenters. The maximum Gasteiger partial charge on any atom is 0.337 e. The number of fused-ring (bicyclic) bond motifs is 2. The van der Waals surface area contributed by atoms with E-state index in [2.05, 4.69) is 11.4 Å². The normalized spacial score (nSPS) is 26.2. The molecule has 0 amide bonds. The quantitative estimate of drug-likeness (QED) is 0.751. The number of rotatable bonds is 1. The van der Waals surface area contributed by atoms with Crippen LogP contribution in [0.2, 0.25) is 0 Å². The molecule has 17 heavy (non-hydrogen) atoms. The van der Waals surface area contributed by atoms with Crippen LogP contribution in [0.25, 0.3) is 0 Å². The fraction of sp³-hybridized carbons (Fsp3) is 0.500. The first-order valence-corrected chi connectivity index (χ1v) is 6.22. The van der Waals surface area contributed by atoms with Gasteiger partial charge >= 0.3 is 5.97 Å². The van der Waals surface area contributed by atoms with Gasteiger partial charge in [0.2, 0.25) is 0 Å². The van der Waals surface area contributed by atoms with Gasteiger partial charge in [-0.3, -0.25) is 0 Å². The van der Waals surface area contributed by atoms with Crippen molar-refractivity contribution in [2.45, 2.75) is 31.2 Å². The topological polar surface area (TPSA) is 38.3 Å². The number of hydrogen-bond acceptors (Lipinski definition) is 3. The highest BCUT2D eigenvalue weighted by atomic mass is 16.5. The third kappa shape index (κ3) is 1.57. The number of methoxy groups -OCH3 is 1. The van der Waals surface area contributed by atoms with E-state index in [0.29, 0.717) is 5.56 Å². The number of hydrogen-bond donors (Lipinski definition) is 1. The highest BCUT2D eigenvalue weighted by Crippen LogP contribution is 2.42. The third-order valence-corrected chi connectivity index (χ3v) is 4.11. The number of ether oxygens (including phenoxy) is 1. The minimum Gasteiger partial charge on any atom is -0.465 e. The molecule has 1 aromatic carbocycles. The van der Waals surface area contributed by atoms with Gasteiger partial charge in [0, 0.05) is 5.54 Å². The lowest BCUT2D eigenvalue weighted by Crippen LogP contribution is -2.55. The Balaban J connectivity index is 2.05. The lowest BCUT2D eigenvalue weighted by atomic mass is 9.70. The van der Waals surface area contributed by atoms with Crippen LogP contribution in [0.5, 0.6) is 0 Å². The number of carbonyl (C=O) groups is 1. The molecule has 1 atom stereocenters. The standard InChI is InChI=1S/C14H17NO2/c1-17-13(16)11-5-4-10-3-2-6-14(7-8-15-14)12(10)9-11/h4-5,9,15H,2-3,6-8H2,1H3/t14-/m0/s1. The molecule has 90 valence electrons. The van der Waals surface area contributed by atoms with E-state index in [0.717, 1.165) is 13.0 Å². The van der Waals surface area contributed by atoms with E-state index >= 15 is 0 Å². The summed E-state index contributed by atoms with van der Waals surface area (Å²) < 4.78 is 4.79. The summed E-state index contributed by atoms with van der Waals surface area (Å²) in [5.41, 5.74) is 3.52. The fourth-order valence-corrected chi connectivity index (χ4v) is 3.07. The molecule has 0 radical (unpaired) electrons. The zero-order valence-electron chi connectivity index (χ0n) is 10.1. The van der Waals surface area contributed by atoms with Crippen LogP contribution in [0, 0.1) is 0 Å². The van der Waals surface area contributed by atoms with E-state index in [1.807, 2.05) is 12.1 Å². The molecule has 0 aromatic heterocycles. The van der Waals surface area contributed by atoms with Gasteiger partial charge in [-0.05, 0) is 55.5 Å². The number of aryl methyl sites for hydroxylation is 1. The zero-order valence-corrected chi connectivity index (χ0v) is 10.1. The summed E-state index contributed by atoms with van der Waals surface area (Å²) in [6.45, 7) is 1.09. The van der Waals surface area contributed by atoms with Gasteiger partial charge in [0.05, 0.1) is 12.7 Å².